The second-order valence-corrected chi connectivity index (χ2v) is 9.58. The first-order valence-corrected chi connectivity index (χ1v) is 11.2. The quantitative estimate of drug-likeness (QED) is 0.586. The fourth-order valence-corrected chi connectivity index (χ4v) is 4.47. The van der Waals surface area contributed by atoms with Crippen LogP contribution in [-0.2, 0) is 14.5 Å². The van der Waals surface area contributed by atoms with Crippen molar-refractivity contribution < 1.29 is 27.6 Å². The molecule has 1 atom stereocenters. The molecule has 1 aromatic heterocycles. The molecule has 0 bridgehead atoms. The Hall–Kier alpha value is -3.34. The van der Waals surface area contributed by atoms with Crippen LogP contribution in [0.1, 0.15) is 13.3 Å². The van der Waals surface area contributed by atoms with Gasteiger partial charge in [-0.25, -0.2) is 27.8 Å². The van der Waals surface area contributed by atoms with Crippen molar-refractivity contribution in [2.24, 2.45) is 4.36 Å². The maximum absolute atomic E-state index is 14.9. The maximum atomic E-state index is 14.9. The van der Waals surface area contributed by atoms with Gasteiger partial charge in [-0.2, -0.15) is 4.36 Å². The minimum absolute atomic E-state index is 0.0477. The van der Waals surface area contributed by atoms with Gasteiger partial charge in [0.15, 0.2) is 6.10 Å². The minimum Gasteiger partial charge on any atom is -0.479 e. The Kier molecular flexibility index (Phi) is 5.44. The van der Waals surface area contributed by atoms with E-state index in [0.717, 1.165) is 24.6 Å². The van der Waals surface area contributed by atoms with Crippen molar-refractivity contribution in [2.45, 2.75) is 19.4 Å². The van der Waals surface area contributed by atoms with Gasteiger partial charge in [0.2, 0.25) is 0 Å². The number of aliphatic carboxylic acids is 1. The average molecular weight is 448 g/mol. The lowest BCUT2D eigenvalue weighted by Crippen LogP contribution is -2.23. The third-order valence-electron chi connectivity index (χ3n) is 4.72. The summed E-state index contributed by atoms with van der Waals surface area (Å²) < 4.78 is 50.5. The predicted octanol–water partition coefficient (Wildman–Crippen LogP) is 4.01. The summed E-state index contributed by atoms with van der Waals surface area (Å²) >= 11 is 0. The number of anilines is 2. The molecule has 0 spiro atoms. The number of rotatable bonds is 6. The molecule has 31 heavy (non-hydrogen) atoms. The monoisotopic (exact) mass is 448 g/mol. The SMILES string of the molecule is C[C@@H](Oc1cc(F)ccc1Nc1ncnc2cc(N=S3(=O)CCC3)cc(F)c12)C(=O)O. The highest BCUT2D eigenvalue weighted by atomic mass is 32.2. The van der Waals surface area contributed by atoms with E-state index in [9.17, 15) is 17.8 Å². The van der Waals surface area contributed by atoms with Gasteiger partial charge in [-0.3, -0.25) is 0 Å². The van der Waals surface area contributed by atoms with E-state index < -0.39 is 33.4 Å². The number of nitrogens with zero attached hydrogens (tertiary/aromatic N) is 3. The van der Waals surface area contributed by atoms with Crippen molar-refractivity contribution in [3.05, 3.63) is 48.3 Å². The van der Waals surface area contributed by atoms with E-state index in [-0.39, 0.29) is 33.8 Å². The molecule has 11 heteroatoms. The lowest BCUT2D eigenvalue weighted by molar-refractivity contribution is -0.144. The van der Waals surface area contributed by atoms with E-state index in [1.807, 2.05) is 0 Å². The second-order valence-electron chi connectivity index (χ2n) is 7.03. The molecule has 162 valence electrons. The first-order chi connectivity index (χ1) is 14.7. The average Bonchev–Trinajstić information content (AvgIpc) is 2.68. The first-order valence-electron chi connectivity index (χ1n) is 9.37. The Morgan fingerprint density at radius 1 is 1.26 bits per heavy atom. The van der Waals surface area contributed by atoms with Crippen LogP contribution in [-0.4, -0.2) is 42.9 Å². The van der Waals surface area contributed by atoms with Gasteiger partial charge in [0.25, 0.3) is 0 Å². The van der Waals surface area contributed by atoms with Gasteiger partial charge in [0, 0.05) is 23.6 Å². The Morgan fingerprint density at radius 3 is 2.71 bits per heavy atom. The Bertz CT molecular complexity index is 1300. The number of carboxylic acid groups (broad SMARTS) is 1. The first kappa shape index (κ1) is 20.9. The van der Waals surface area contributed by atoms with E-state index in [1.165, 1.54) is 25.4 Å². The number of benzene rings is 2. The topological polar surface area (TPSA) is 114 Å². The summed E-state index contributed by atoms with van der Waals surface area (Å²) in [5.41, 5.74) is 0.669. The molecule has 1 aliphatic heterocycles. The molecule has 2 N–H and O–H groups in total. The number of hydrogen-bond donors (Lipinski definition) is 2. The van der Waals surface area contributed by atoms with Gasteiger partial charge < -0.3 is 15.2 Å². The molecule has 8 nitrogen and oxygen atoms in total. The number of fused-ring (bicyclic) bond motifs is 1. The molecular formula is C20H18F2N4O4S. The largest absolute Gasteiger partial charge is 0.479 e. The van der Waals surface area contributed by atoms with Crippen molar-refractivity contribution >= 4 is 43.8 Å². The zero-order chi connectivity index (χ0) is 22.2. The minimum atomic E-state index is -2.32. The molecule has 2 aromatic carbocycles. The highest BCUT2D eigenvalue weighted by molar-refractivity contribution is 7.95. The molecular weight excluding hydrogens is 430 g/mol. The number of nitrogens with one attached hydrogen (secondary N) is 1. The van der Waals surface area contributed by atoms with Crippen molar-refractivity contribution in [1.82, 2.24) is 9.97 Å². The van der Waals surface area contributed by atoms with Crippen LogP contribution in [0.3, 0.4) is 0 Å². The van der Waals surface area contributed by atoms with Crippen LogP contribution in [0.25, 0.3) is 10.9 Å². The Morgan fingerprint density at radius 2 is 2.03 bits per heavy atom. The summed E-state index contributed by atoms with van der Waals surface area (Å²) in [5, 5.41) is 12.0. The summed E-state index contributed by atoms with van der Waals surface area (Å²) in [4.78, 5) is 19.2. The van der Waals surface area contributed by atoms with Crippen LogP contribution in [0.2, 0.25) is 0 Å². The van der Waals surface area contributed by atoms with Crippen LogP contribution >= 0.6 is 0 Å². The summed E-state index contributed by atoms with van der Waals surface area (Å²) in [7, 11) is -2.32. The van der Waals surface area contributed by atoms with Crippen molar-refractivity contribution in [2.75, 3.05) is 16.8 Å². The molecule has 1 fully saturated rings. The van der Waals surface area contributed by atoms with E-state index in [1.54, 1.807) is 0 Å². The zero-order valence-corrected chi connectivity index (χ0v) is 17.2. The van der Waals surface area contributed by atoms with Gasteiger partial charge in [-0.1, -0.05) is 0 Å². The highest BCUT2D eigenvalue weighted by Gasteiger charge is 2.21. The summed E-state index contributed by atoms with van der Waals surface area (Å²) in [6.07, 6.45) is 0.803. The van der Waals surface area contributed by atoms with Crippen LogP contribution in [0.4, 0.5) is 26.0 Å². The maximum Gasteiger partial charge on any atom is 0.344 e. The lowest BCUT2D eigenvalue weighted by atomic mass is 10.2. The predicted molar refractivity (Wildman–Crippen MR) is 111 cm³/mol. The molecule has 0 aliphatic carbocycles. The summed E-state index contributed by atoms with van der Waals surface area (Å²) in [5.74, 6) is -1.55. The lowest BCUT2D eigenvalue weighted by Gasteiger charge is -2.18. The molecule has 0 saturated carbocycles. The van der Waals surface area contributed by atoms with Crippen LogP contribution in [0.15, 0.2) is 41.0 Å². The van der Waals surface area contributed by atoms with Gasteiger partial charge in [-0.05, 0) is 31.5 Å². The fraction of sp³-hybridized carbons (Fsp3) is 0.250. The van der Waals surface area contributed by atoms with Gasteiger partial charge in [0.05, 0.1) is 32.0 Å². The second kappa shape index (κ2) is 8.06. The standard InChI is InChI=1S/C20H18F2N4O4S/c1-11(20(27)28)30-17-7-12(21)3-4-15(17)25-19-18-14(22)8-13(9-16(18)23-10-24-19)26-31(29)5-2-6-31/h3-4,7-11H,2,5-6H2,1H3,(H,27,28)(H,23,24,25)/t11-/m1/s1. The third kappa shape index (κ3) is 4.41. The van der Waals surface area contributed by atoms with E-state index in [0.29, 0.717) is 11.5 Å². The molecule has 0 amide bonds. The number of halogens is 2. The molecule has 1 saturated heterocycles. The number of carbonyl (C=O) groups is 1. The van der Waals surface area contributed by atoms with Crippen molar-refractivity contribution in [1.29, 1.82) is 0 Å². The van der Waals surface area contributed by atoms with Crippen LogP contribution in [0.5, 0.6) is 5.75 Å². The zero-order valence-electron chi connectivity index (χ0n) is 16.3. The van der Waals surface area contributed by atoms with E-state index in [4.69, 9.17) is 9.84 Å². The molecule has 0 radical (unpaired) electrons. The van der Waals surface area contributed by atoms with E-state index in [2.05, 4.69) is 19.6 Å². The number of hydrogen-bond acceptors (Lipinski definition) is 7. The van der Waals surface area contributed by atoms with E-state index >= 15 is 0 Å². The third-order valence-corrected chi connectivity index (χ3v) is 7.12. The van der Waals surface area contributed by atoms with Crippen molar-refractivity contribution in [3.8, 4) is 5.75 Å². The van der Waals surface area contributed by atoms with Crippen LogP contribution < -0.4 is 10.1 Å². The summed E-state index contributed by atoms with van der Waals surface area (Å²) in [6.45, 7) is 1.30. The Labute approximate surface area is 176 Å². The highest BCUT2D eigenvalue weighted by Crippen LogP contribution is 2.34. The van der Waals surface area contributed by atoms with Gasteiger partial charge in [0.1, 0.15) is 29.5 Å². The normalized spacial score (nSPS) is 15.7. The molecule has 4 rings (SSSR count). The molecule has 3 aromatic rings. The molecule has 0 unspecified atom stereocenters. The van der Waals surface area contributed by atoms with Crippen molar-refractivity contribution in [3.63, 3.8) is 0 Å². The molecule has 1 aliphatic rings. The number of ether oxygens (including phenoxy) is 1. The Balaban J connectivity index is 1.74. The molecule has 2 heterocycles. The van der Waals surface area contributed by atoms with Gasteiger partial charge in [-0.15, -0.1) is 0 Å². The summed E-state index contributed by atoms with van der Waals surface area (Å²) in [6, 6.07) is 6.18. The van der Waals surface area contributed by atoms with Gasteiger partial charge >= 0.3 is 5.97 Å². The fourth-order valence-electron chi connectivity index (χ4n) is 3.02. The smallest absolute Gasteiger partial charge is 0.344 e. The number of carboxylic acids is 1. The van der Waals surface area contributed by atoms with Crippen LogP contribution in [0, 0.1) is 11.6 Å². The number of aromatic nitrogens is 2.